The molecule has 2 atom stereocenters. The highest BCUT2D eigenvalue weighted by Gasteiger charge is 2.33. The quantitative estimate of drug-likeness (QED) is 0.457. The van der Waals surface area contributed by atoms with Crippen LogP contribution in [-0.2, 0) is 0 Å². The largest absolute Gasteiger partial charge is 0.117 e. The number of hydrogen-bond donors (Lipinski definition) is 0. The van der Waals surface area contributed by atoms with Crippen LogP contribution in [-0.4, -0.2) is 5.25 Å². The molecule has 3 aromatic carbocycles. The van der Waals surface area contributed by atoms with Crippen molar-refractivity contribution in [1.29, 1.82) is 0 Å². The molecule has 5 rings (SSSR count). The minimum absolute atomic E-state index is 0.379. The van der Waals surface area contributed by atoms with Gasteiger partial charge in [-0.05, 0) is 46.0 Å². The van der Waals surface area contributed by atoms with Crippen LogP contribution in [0.2, 0.25) is 5.02 Å². The first kappa shape index (κ1) is 16.0. The van der Waals surface area contributed by atoms with E-state index in [0.29, 0.717) is 11.2 Å². The van der Waals surface area contributed by atoms with Crippen molar-refractivity contribution in [3.05, 3.63) is 107 Å². The molecule has 0 bridgehead atoms. The van der Waals surface area contributed by atoms with E-state index in [4.69, 9.17) is 11.6 Å². The predicted octanol–water partition coefficient (Wildman–Crippen LogP) is 7.22. The van der Waals surface area contributed by atoms with Crippen molar-refractivity contribution in [1.82, 2.24) is 0 Å². The molecule has 2 unspecified atom stereocenters. The van der Waals surface area contributed by atoms with Crippen molar-refractivity contribution >= 4 is 28.9 Å². The fourth-order valence-electron chi connectivity index (χ4n) is 3.81. The third-order valence-corrected chi connectivity index (χ3v) is 6.73. The standard InChI is InChI=1S/C24H17ClS/c25-21-10-5-11-22-24(21)20-13-12-19(15-23(20)26-22)18-9-4-8-17(14-18)16-6-2-1-3-7-16/h1-15,20,23H. The summed E-state index contributed by atoms with van der Waals surface area (Å²) in [5.74, 6) is 0.379. The van der Waals surface area contributed by atoms with Gasteiger partial charge in [0.25, 0.3) is 0 Å². The third kappa shape index (κ3) is 2.72. The van der Waals surface area contributed by atoms with Crippen LogP contribution in [0.5, 0.6) is 0 Å². The monoisotopic (exact) mass is 372 g/mol. The topological polar surface area (TPSA) is 0 Å². The van der Waals surface area contributed by atoms with E-state index in [9.17, 15) is 0 Å². The molecular formula is C24H17ClS. The maximum Gasteiger partial charge on any atom is 0.0455 e. The molecule has 0 aromatic heterocycles. The second-order valence-corrected chi connectivity index (χ2v) is 8.31. The summed E-state index contributed by atoms with van der Waals surface area (Å²) >= 11 is 8.38. The minimum atomic E-state index is 0.379. The Morgan fingerprint density at radius 1 is 0.769 bits per heavy atom. The van der Waals surface area contributed by atoms with E-state index < -0.39 is 0 Å². The van der Waals surface area contributed by atoms with Crippen LogP contribution in [0.1, 0.15) is 17.0 Å². The molecule has 0 nitrogen and oxygen atoms in total. The van der Waals surface area contributed by atoms with Crippen molar-refractivity contribution in [3.8, 4) is 11.1 Å². The summed E-state index contributed by atoms with van der Waals surface area (Å²) in [5, 5.41) is 1.31. The lowest BCUT2D eigenvalue weighted by Crippen LogP contribution is -2.09. The lowest BCUT2D eigenvalue weighted by Gasteiger charge is -2.20. The second-order valence-electron chi connectivity index (χ2n) is 6.69. The van der Waals surface area contributed by atoms with E-state index >= 15 is 0 Å². The first-order valence-electron chi connectivity index (χ1n) is 8.80. The summed E-state index contributed by atoms with van der Waals surface area (Å²) in [5.41, 5.74) is 6.35. The number of thioether (sulfide) groups is 1. The van der Waals surface area contributed by atoms with Gasteiger partial charge in [0.05, 0.1) is 0 Å². The summed E-state index contributed by atoms with van der Waals surface area (Å²) in [6.45, 7) is 0. The lowest BCUT2D eigenvalue weighted by atomic mass is 9.87. The second kappa shape index (κ2) is 6.50. The molecule has 0 saturated carbocycles. The normalized spacial score (nSPS) is 20.4. The zero-order chi connectivity index (χ0) is 17.5. The molecule has 1 heterocycles. The summed E-state index contributed by atoms with van der Waals surface area (Å²) in [7, 11) is 0. The zero-order valence-electron chi connectivity index (χ0n) is 14.1. The average Bonchev–Trinajstić information content (AvgIpc) is 3.08. The average molecular weight is 373 g/mol. The van der Waals surface area contributed by atoms with Gasteiger partial charge in [-0.25, -0.2) is 0 Å². The molecule has 0 fully saturated rings. The Kier molecular flexibility index (Phi) is 4.00. The molecule has 26 heavy (non-hydrogen) atoms. The van der Waals surface area contributed by atoms with Crippen LogP contribution >= 0.6 is 23.4 Å². The fourth-order valence-corrected chi connectivity index (χ4v) is 5.58. The Labute approximate surface area is 163 Å². The van der Waals surface area contributed by atoms with E-state index in [-0.39, 0.29) is 0 Å². The van der Waals surface area contributed by atoms with Gasteiger partial charge in [-0.15, -0.1) is 11.8 Å². The number of hydrogen-bond acceptors (Lipinski definition) is 1. The Morgan fingerprint density at radius 2 is 1.54 bits per heavy atom. The number of allylic oxidation sites excluding steroid dienone is 3. The number of rotatable bonds is 2. The van der Waals surface area contributed by atoms with Crippen molar-refractivity contribution in [2.75, 3.05) is 0 Å². The first-order valence-corrected chi connectivity index (χ1v) is 10.1. The predicted molar refractivity (Wildman–Crippen MR) is 113 cm³/mol. The number of benzene rings is 3. The van der Waals surface area contributed by atoms with Gasteiger partial charge in [-0.1, -0.05) is 84.4 Å². The van der Waals surface area contributed by atoms with Crippen molar-refractivity contribution in [2.45, 2.75) is 16.1 Å². The van der Waals surface area contributed by atoms with Crippen LogP contribution < -0.4 is 0 Å². The van der Waals surface area contributed by atoms with Gasteiger partial charge < -0.3 is 0 Å². The van der Waals surface area contributed by atoms with Crippen molar-refractivity contribution in [2.24, 2.45) is 0 Å². The highest BCUT2D eigenvalue weighted by molar-refractivity contribution is 8.00. The number of halogens is 1. The molecule has 0 radical (unpaired) electrons. The summed E-state index contributed by atoms with van der Waals surface area (Å²) in [6.07, 6.45) is 6.97. The molecule has 1 aliphatic carbocycles. The minimum Gasteiger partial charge on any atom is -0.117 e. The van der Waals surface area contributed by atoms with E-state index in [2.05, 4.69) is 78.9 Å². The Balaban J connectivity index is 1.50. The van der Waals surface area contributed by atoms with Crippen LogP contribution in [0.3, 0.4) is 0 Å². The Morgan fingerprint density at radius 3 is 2.42 bits per heavy atom. The molecule has 0 N–H and O–H groups in total. The first-order chi connectivity index (χ1) is 12.8. The SMILES string of the molecule is Clc1cccc2c1C1C=CC(c3cccc(-c4ccccc4)c3)=CC1S2. The number of fused-ring (bicyclic) bond motifs is 3. The van der Waals surface area contributed by atoms with Crippen molar-refractivity contribution in [3.63, 3.8) is 0 Å². The maximum absolute atomic E-state index is 6.46. The summed E-state index contributed by atoms with van der Waals surface area (Å²) < 4.78 is 0. The van der Waals surface area contributed by atoms with Crippen LogP contribution in [0.15, 0.2) is 95.9 Å². The molecular weight excluding hydrogens is 356 g/mol. The highest BCUT2D eigenvalue weighted by Crippen LogP contribution is 2.51. The van der Waals surface area contributed by atoms with Gasteiger partial charge in [-0.2, -0.15) is 0 Å². The van der Waals surface area contributed by atoms with Gasteiger partial charge in [0.15, 0.2) is 0 Å². The molecule has 3 aromatic rings. The van der Waals surface area contributed by atoms with Gasteiger partial charge in [-0.3, -0.25) is 0 Å². The smallest absolute Gasteiger partial charge is 0.0455 e. The third-order valence-electron chi connectivity index (χ3n) is 5.09. The lowest BCUT2D eigenvalue weighted by molar-refractivity contribution is 0.884. The van der Waals surface area contributed by atoms with E-state index in [1.54, 1.807) is 0 Å². The maximum atomic E-state index is 6.46. The molecule has 1 aliphatic heterocycles. The van der Waals surface area contributed by atoms with E-state index in [0.717, 1.165) is 5.02 Å². The zero-order valence-corrected chi connectivity index (χ0v) is 15.7. The van der Waals surface area contributed by atoms with Gasteiger partial charge in [0.2, 0.25) is 0 Å². The fraction of sp³-hybridized carbons (Fsp3) is 0.0833. The van der Waals surface area contributed by atoms with Gasteiger partial charge in [0, 0.05) is 21.1 Å². The summed E-state index contributed by atoms with van der Waals surface area (Å²) in [4.78, 5) is 1.31. The summed E-state index contributed by atoms with van der Waals surface area (Å²) in [6, 6.07) is 25.6. The molecule has 0 amide bonds. The van der Waals surface area contributed by atoms with Crippen LogP contribution in [0, 0.1) is 0 Å². The van der Waals surface area contributed by atoms with E-state index in [1.807, 2.05) is 23.9 Å². The van der Waals surface area contributed by atoms with E-state index in [1.165, 1.54) is 32.7 Å². The molecule has 0 saturated heterocycles. The van der Waals surface area contributed by atoms with Crippen molar-refractivity contribution < 1.29 is 0 Å². The van der Waals surface area contributed by atoms with Crippen LogP contribution in [0.25, 0.3) is 16.7 Å². The molecule has 2 aliphatic rings. The van der Waals surface area contributed by atoms with Crippen LogP contribution in [0.4, 0.5) is 0 Å². The Hall–Kier alpha value is -2.22. The molecule has 0 spiro atoms. The molecule has 2 heteroatoms. The van der Waals surface area contributed by atoms with Gasteiger partial charge >= 0.3 is 0 Å². The van der Waals surface area contributed by atoms with Gasteiger partial charge in [0.1, 0.15) is 0 Å². The molecule has 126 valence electrons. The highest BCUT2D eigenvalue weighted by atomic mass is 35.5. The Bertz CT molecular complexity index is 1030.